The molecule has 26 heavy (non-hydrogen) atoms. The number of carbonyl (C=O) groups is 1. The average Bonchev–Trinajstić information content (AvgIpc) is 3.31. The van der Waals surface area contributed by atoms with Crippen LogP contribution in [0.3, 0.4) is 0 Å². The normalized spacial score (nSPS) is 14.5. The van der Waals surface area contributed by atoms with E-state index in [1.807, 2.05) is 0 Å². The number of alkyl halides is 1. The van der Waals surface area contributed by atoms with Crippen molar-refractivity contribution >= 4 is 17.6 Å². The van der Waals surface area contributed by atoms with Crippen LogP contribution in [0.5, 0.6) is 0 Å². The maximum Gasteiger partial charge on any atom is 0.351 e. The van der Waals surface area contributed by atoms with Crippen molar-refractivity contribution in [3.63, 3.8) is 0 Å². The lowest BCUT2D eigenvalue weighted by Crippen LogP contribution is -2.26. The van der Waals surface area contributed by atoms with Gasteiger partial charge in [0.15, 0.2) is 0 Å². The van der Waals surface area contributed by atoms with Crippen molar-refractivity contribution in [2.75, 3.05) is 0 Å². The summed E-state index contributed by atoms with van der Waals surface area (Å²) in [5.74, 6) is -2.41. The molecule has 1 fully saturated rings. The van der Waals surface area contributed by atoms with Crippen LogP contribution in [0.15, 0.2) is 16.9 Å². The van der Waals surface area contributed by atoms with Crippen molar-refractivity contribution < 1.29 is 18.3 Å². The number of rotatable bonds is 4. The number of aromatic nitrogens is 3. The van der Waals surface area contributed by atoms with E-state index in [-0.39, 0.29) is 17.6 Å². The molecular weight excluding hydrogens is 368 g/mol. The lowest BCUT2D eigenvalue weighted by Gasteiger charge is -2.19. The van der Waals surface area contributed by atoms with E-state index < -0.39 is 34.5 Å². The molecule has 0 radical (unpaired) electrons. The van der Waals surface area contributed by atoms with Gasteiger partial charge in [-0.2, -0.15) is 4.68 Å². The molecule has 0 saturated heterocycles. The van der Waals surface area contributed by atoms with Crippen molar-refractivity contribution in [3.8, 4) is 5.69 Å². The fraction of sp³-hybridized carbons (Fsp3) is 0.471. The summed E-state index contributed by atoms with van der Waals surface area (Å²) in [5, 5.41) is 4.11. The lowest BCUT2D eigenvalue weighted by atomic mass is 10.1. The Morgan fingerprint density at radius 1 is 1.31 bits per heavy atom. The van der Waals surface area contributed by atoms with Gasteiger partial charge in [0.25, 0.3) is 0 Å². The lowest BCUT2D eigenvalue weighted by molar-refractivity contribution is 0.00641. The van der Waals surface area contributed by atoms with Crippen LogP contribution < -0.4 is 5.69 Å². The number of esters is 1. The smallest absolute Gasteiger partial charge is 0.351 e. The van der Waals surface area contributed by atoms with Crippen LogP contribution in [-0.2, 0) is 10.7 Å². The molecule has 1 aliphatic rings. The minimum Gasteiger partial charge on any atom is -0.456 e. The molecule has 1 aliphatic carbocycles. The zero-order valence-electron chi connectivity index (χ0n) is 14.6. The Morgan fingerprint density at radius 3 is 2.50 bits per heavy atom. The van der Waals surface area contributed by atoms with Gasteiger partial charge in [-0.1, -0.05) is 0 Å². The summed E-state index contributed by atoms with van der Waals surface area (Å²) in [6.45, 7) is 4.85. The highest BCUT2D eigenvalue weighted by Crippen LogP contribution is 2.38. The summed E-state index contributed by atoms with van der Waals surface area (Å²) in [5.41, 5.74) is -2.45. The molecule has 6 nitrogen and oxygen atoms in total. The largest absolute Gasteiger partial charge is 0.456 e. The minimum atomic E-state index is -1.00. The maximum atomic E-state index is 14.5. The van der Waals surface area contributed by atoms with Crippen molar-refractivity contribution in [1.29, 1.82) is 0 Å². The van der Waals surface area contributed by atoms with Crippen LogP contribution in [0.4, 0.5) is 8.78 Å². The monoisotopic (exact) mass is 385 g/mol. The quantitative estimate of drug-likeness (QED) is 0.598. The molecule has 9 heteroatoms. The van der Waals surface area contributed by atoms with E-state index >= 15 is 0 Å². The highest BCUT2D eigenvalue weighted by atomic mass is 35.5. The molecule has 2 aromatic rings. The molecule has 0 bridgehead atoms. The van der Waals surface area contributed by atoms with E-state index in [2.05, 4.69) is 5.10 Å². The Kier molecular flexibility index (Phi) is 4.64. The number of nitrogens with zero attached hydrogens (tertiary/aromatic N) is 3. The van der Waals surface area contributed by atoms with Gasteiger partial charge in [0.2, 0.25) is 0 Å². The van der Waals surface area contributed by atoms with E-state index in [9.17, 15) is 18.4 Å². The van der Waals surface area contributed by atoms with Crippen molar-refractivity contribution in [3.05, 3.63) is 45.6 Å². The molecule has 0 N–H and O–H groups in total. The Balaban J connectivity index is 2.04. The molecule has 1 heterocycles. The van der Waals surface area contributed by atoms with Gasteiger partial charge in [0.05, 0.1) is 5.56 Å². The third kappa shape index (κ3) is 3.51. The summed E-state index contributed by atoms with van der Waals surface area (Å²) in [6.07, 6.45) is 1.73. The van der Waals surface area contributed by atoms with Crippen molar-refractivity contribution in [2.24, 2.45) is 0 Å². The molecular formula is C17H18ClF2N3O3. The molecule has 0 atom stereocenters. The van der Waals surface area contributed by atoms with E-state index in [1.165, 1.54) is 4.57 Å². The third-order valence-electron chi connectivity index (χ3n) is 3.84. The first-order chi connectivity index (χ1) is 12.1. The van der Waals surface area contributed by atoms with Crippen LogP contribution in [0.25, 0.3) is 5.69 Å². The van der Waals surface area contributed by atoms with Gasteiger partial charge in [-0.3, -0.25) is 4.57 Å². The third-order valence-corrected chi connectivity index (χ3v) is 4.08. The number of hydrogen-bond donors (Lipinski definition) is 0. The van der Waals surface area contributed by atoms with E-state index in [1.54, 1.807) is 20.8 Å². The van der Waals surface area contributed by atoms with E-state index in [0.717, 1.165) is 23.6 Å². The molecule has 1 saturated carbocycles. The molecule has 0 amide bonds. The zero-order valence-corrected chi connectivity index (χ0v) is 15.3. The van der Waals surface area contributed by atoms with Crippen molar-refractivity contribution in [1.82, 2.24) is 14.3 Å². The van der Waals surface area contributed by atoms with E-state index in [4.69, 9.17) is 16.3 Å². The fourth-order valence-electron chi connectivity index (χ4n) is 2.51. The highest BCUT2D eigenvalue weighted by Gasteiger charge is 2.32. The molecule has 0 spiro atoms. The molecule has 0 unspecified atom stereocenters. The fourth-order valence-corrected chi connectivity index (χ4v) is 2.74. The molecule has 0 aliphatic heterocycles. The predicted molar refractivity (Wildman–Crippen MR) is 90.7 cm³/mol. The Morgan fingerprint density at radius 2 is 1.96 bits per heavy atom. The summed E-state index contributed by atoms with van der Waals surface area (Å²) in [6, 6.07) is 1.34. The van der Waals surface area contributed by atoms with Gasteiger partial charge in [-0.05, 0) is 39.7 Å². The molecule has 3 rings (SSSR count). The van der Waals surface area contributed by atoms with Crippen LogP contribution >= 0.6 is 11.6 Å². The molecule has 1 aromatic carbocycles. The second-order valence-electron chi connectivity index (χ2n) is 7.16. The topological polar surface area (TPSA) is 66.1 Å². The number of carbonyl (C=O) groups excluding carboxylic acids is 1. The summed E-state index contributed by atoms with van der Waals surface area (Å²) in [7, 11) is 0. The van der Waals surface area contributed by atoms with Crippen LogP contribution in [0.2, 0.25) is 0 Å². The highest BCUT2D eigenvalue weighted by molar-refractivity contribution is 6.15. The van der Waals surface area contributed by atoms with Gasteiger partial charge in [-0.15, -0.1) is 16.7 Å². The first kappa shape index (κ1) is 18.6. The van der Waals surface area contributed by atoms with Crippen LogP contribution in [0, 0.1) is 11.6 Å². The standard InChI is InChI=1S/C17H18ClF2N3O3/c1-17(2,3)26-15(24)10-6-12(20)13(7-11(10)19)23-16(25)22(8-18)14(21-23)9-4-5-9/h6-7,9H,4-5,8H2,1-3H3. The molecule has 1 aromatic heterocycles. The first-order valence-electron chi connectivity index (χ1n) is 8.11. The summed E-state index contributed by atoms with van der Waals surface area (Å²) >= 11 is 5.79. The zero-order chi connectivity index (χ0) is 19.2. The van der Waals surface area contributed by atoms with Gasteiger partial charge >= 0.3 is 11.7 Å². The van der Waals surface area contributed by atoms with Gasteiger partial charge in [0.1, 0.15) is 34.8 Å². The Labute approximate surface area is 153 Å². The number of benzene rings is 1. The second-order valence-corrected chi connectivity index (χ2v) is 7.40. The SMILES string of the molecule is CC(C)(C)OC(=O)c1cc(F)c(-n2nc(C3CC3)n(CCl)c2=O)cc1F. The Hall–Kier alpha value is -2.22. The van der Waals surface area contributed by atoms with Gasteiger partial charge in [-0.25, -0.2) is 18.4 Å². The van der Waals surface area contributed by atoms with E-state index in [0.29, 0.717) is 11.9 Å². The van der Waals surface area contributed by atoms with Crippen LogP contribution in [-0.4, -0.2) is 25.9 Å². The average molecular weight is 386 g/mol. The predicted octanol–water partition coefficient (Wildman–Crippen LogP) is 3.34. The van der Waals surface area contributed by atoms with Gasteiger partial charge in [0, 0.05) is 12.0 Å². The Bertz CT molecular complexity index is 927. The molecule has 140 valence electrons. The number of hydrogen-bond acceptors (Lipinski definition) is 4. The van der Waals surface area contributed by atoms with Crippen LogP contribution in [0.1, 0.15) is 55.7 Å². The van der Waals surface area contributed by atoms with Crippen molar-refractivity contribution in [2.45, 2.75) is 51.1 Å². The maximum absolute atomic E-state index is 14.5. The number of ether oxygens (including phenoxy) is 1. The summed E-state index contributed by atoms with van der Waals surface area (Å²) in [4.78, 5) is 24.4. The number of halogens is 3. The second kappa shape index (κ2) is 6.50. The van der Waals surface area contributed by atoms with Gasteiger partial charge < -0.3 is 4.74 Å². The summed E-state index contributed by atoms with van der Waals surface area (Å²) < 4.78 is 36.0. The first-order valence-corrected chi connectivity index (χ1v) is 8.64. The minimum absolute atomic E-state index is 0.0941.